The molecule has 4 nitrogen and oxygen atoms in total. The van der Waals surface area contributed by atoms with Gasteiger partial charge in [-0.15, -0.1) is 0 Å². The highest BCUT2D eigenvalue weighted by Crippen LogP contribution is 2.53. The molecule has 5 unspecified atom stereocenters. The topological polar surface area (TPSA) is 47.6 Å². The van der Waals surface area contributed by atoms with Crippen molar-refractivity contribution in [2.75, 3.05) is 13.7 Å². The van der Waals surface area contributed by atoms with E-state index in [1.165, 1.54) is 24.8 Å². The monoisotopic (exact) mass is 369 g/mol. The smallest absolute Gasteiger partial charge is 0.311 e. The summed E-state index contributed by atoms with van der Waals surface area (Å²) in [5, 5.41) is 3.47. The molecule has 0 spiro atoms. The van der Waals surface area contributed by atoms with Crippen molar-refractivity contribution in [1.29, 1.82) is 0 Å². The van der Waals surface area contributed by atoms with E-state index < -0.39 is 0 Å². The van der Waals surface area contributed by atoms with Crippen LogP contribution in [0.4, 0.5) is 0 Å². The maximum Gasteiger partial charge on any atom is 0.311 e. The van der Waals surface area contributed by atoms with Gasteiger partial charge in [0.25, 0.3) is 0 Å². The molecule has 4 rings (SSSR count). The van der Waals surface area contributed by atoms with Crippen molar-refractivity contribution < 1.29 is 14.3 Å². The number of allylic oxidation sites excluding steroid dienone is 1. The van der Waals surface area contributed by atoms with Gasteiger partial charge in [0.15, 0.2) is 0 Å². The first-order valence-corrected chi connectivity index (χ1v) is 10.3. The Kier molecular flexibility index (Phi) is 5.02. The van der Waals surface area contributed by atoms with Crippen LogP contribution in [0, 0.1) is 23.2 Å². The molecule has 0 bridgehead atoms. The van der Waals surface area contributed by atoms with Crippen LogP contribution in [0.15, 0.2) is 35.9 Å². The standard InChI is InChI=1S/C23H31NO3/c1-15-5-4-10-23(2)12-21-18(11-20(15)23)19(22(25)27-21)14-24-13-16-6-8-17(26-3)9-7-16/h6-9,11,15,18-19,21,24H,4-5,10,12-14H2,1-3H3. The Morgan fingerprint density at radius 3 is 2.81 bits per heavy atom. The van der Waals surface area contributed by atoms with Gasteiger partial charge >= 0.3 is 5.97 Å². The van der Waals surface area contributed by atoms with E-state index in [1.807, 2.05) is 12.1 Å². The number of methoxy groups -OCH3 is 1. The molecule has 1 aromatic rings. The summed E-state index contributed by atoms with van der Waals surface area (Å²) in [6, 6.07) is 8.04. The van der Waals surface area contributed by atoms with Crippen LogP contribution in [0.5, 0.6) is 5.75 Å². The predicted molar refractivity (Wildman–Crippen MR) is 105 cm³/mol. The lowest BCUT2D eigenvalue weighted by Gasteiger charge is -2.46. The second-order valence-corrected chi connectivity index (χ2v) is 8.82. The van der Waals surface area contributed by atoms with Crippen molar-refractivity contribution in [1.82, 2.24) is 5.32 Å². The van der Waals surface area contributed by atoms with Crippen molar-refractivity contribution in [3.05, 3.63) is 41.5 Å². The van der Waals surface area contributed by atoms with E-state index in [-0.39, 0.29) is 29.3 Å². The molecule has 4 heteroatoms. The third kappa shape index (κ3) is 3.52. The molecule has 146 valence electrons. The fraction of sp³-hybridized carbons (Fsp3) is 0.609. The van der Waals surface area contributed by atoms with E-state index >= 15 is 0 Å². The number of esters is 1. The number of carbonyl (C=O) groups is 1. The first kappa shape index (κ1) is 18.5. The maximum atomic E-state index is 12.6. The molecule has 2 aliphatic carbocycles. The lowest BCUT2D eigenvalue weighted by molar-refractivity contribution is -0.145. The predicted octanol–water partition coefficient (Wildman–Crippen LogP) is 4.10. The largest absolute Gasteiger partial charge is 0.497 e. The van der Waals surface area contributed by atoms with E-state index in [4.69, 9.17) is 9.47 Å². The number of carbonyl (C=O) groups excluding carboxylic acids is 1. The minimum Gasteiger partial charge on any atom is -0.497 e. The molecule has 1 saturated carbocycles. The minimum atomic E-state index is -0.0700. The van der Waals surface area contributed by atoms with Gasteiger partial charge in [0, 0.05) is 19.0 Å². The van der Waals surface area contributed by atoms with Crippen molar-refractivity contribution in [3.63, 3.8) is 0 Å². The van der Waals surface area contributed by atoms with E-state index in [2.05, 4.69) is 37.4 Å². The van der Waals surface area contributed by atoms with Gasteiger partial charge < -0.3 is 14.8 Å². The molecular weight excluding hydrogens is 338 g/mol. The molecule has 0 radical (unpaired) electrons. The average Bonchev–Trinajstić information content (AvgIpc) is 2.95. The summed E-state index contributed by atoms with van der Waals surface area (Å²) < 4.78 is 11.0. The van der Waals surface area contributed by atoms with Gasteiger partial charge in [0.05, 0.1) is 13.0 Å². The van der Waals surface area contributed by atoms with Crippen molar-refractivity contribution in [3.8, 4) is 5.75 Å². The average molecular weight is 370 g/mol. The summed E-state index contributed by atoms with van der Waals surface area (Å²) in [6.45, 7) is 6.13. The highest BCUT2D eigenvalue weighted by Gasteiger charge is 2.51. The van der Waals surface area contributed by atoms with E-state index in [1.54, 1.807) is 12.7 Å². The molecule has 27 heavy (non-hydrogen) atoms. The van der Waals surface area contributed by atoms with Gasteiger partial charge in [-0.2, -0.15) is 0 Å². The number of ether oxygens (including phenoxy) is 2. The van der Waals surface area contributed by atoms with Crippen LogP contribution in [0.2, 0.25) is 0 Å². The quantitative estimate of drug-likeness (QED) is 0.627. The fourth-order valence-electron chi connectivity index (χ4n) is 5.40. The van der Waals surface area contributed by atoms with Gasteiger partial charge in [-0.3, -0.25) is 4.79 Å². The van der Waals surface area contributed by atoms with Gasteiger partial charge in [-0.05, 0) is 48.3 Å². The highest BCUT2D eigenvalue weighted by atomic mass is 16.6. The van der Waals surface area contributed by atoms with Crippen LogP contribution in [-0.2, 0) is 16.1 Å². The first-order chi connectivity index (χ1) is 13.0. The zero-order chi connectivity index (χ0) is 19.0. The molecule has 0 amide bonds. The second-order valence-electron chi connectivity index (χ2n) is 8.82. The van der Waals surface area contributed by atoms with Gasteiger partial charge in [0.1, 0.15) is 11.9 Å². The number of nitrogens with one attached hydrogen (secondary N) is 1. The van der Waals surface area contributed by atoms with E-state index in [9.17, 15) is 4.79 Å². The number of fused-ring (bicyclic) bond motifs is 2. The molecule has 2 fully saturated rings. The molecule has 3 aliphatic rings. The highest BCUT2D eigenvalue weighted by molar-refractivity contribution is 5.76. The van der Waals surface area contributed by atoms with Gasteiger partial charge in [-0.1, -0.05) is 44.1 Å². The van der Waals surface area contributed by atoms with Crippen LogP contribution in [0.3, 0.4) is 0 Å². The first-order valence-electron chi connectivity index (χ1n) is 10.3. The Morgan fingerprint density at radius 1 is 1.30 bits per heavy atom. The Morgan fingerprint density at radius 2 is 2.07 bits per heavy atom. The van der Waals surface area contributed by atoms with Gasteiger partial charge in [0.2, 0.25) is 0 Å². The van der Waals surface area contributed by atoms with Crippen LogP contribution in [0.25, 0.3) is 0 Å². The molecular formula is C23H31NO3. The van der Waals surface area contributed by atoms with E-state index in [0.717, 1.165) is 18.7 Å². The number of hydrogen-bond donors (Lipinski definition) is 1. The second kappa shape index (κ2) is 7.31. The summed E-state index contributed by atoms with van der Waals surface area (Å²) in [5.74, 6) is 1.62. The van der Waals surface area contributed by atoms with Crippen LogP contribution >= 0.6 is 0 Å². The van der Waals surface area contributed by atoms with Crippen LogP contribution in [0.1, 0.15) is 45.1 Å². The molecule has 1 aliphatic heterocycles. The fourth-order valence-corrected chi connectivity index (χ4v) is 5.40. The Hall–Kier alpha value is -1.81. The zero-order valence-corrected chi connectivity index (χ0v) is 16.7. The van der Waals surface area contributed by atoms with Crippen LogP contribution < -0.4 is 10.1 Å². The van der Waals surface area contributed by atoms with Crippen molar-refractivity contribution >= 4 is 5.97 Å². The van der Waals surface area contributed by atoms with Crippen molar-refractivity contribution in [2.45, 2.75) is 52.2 Å². The molecule has 0 aromatic heterocycles. The maximum absolute atomic E-state index is 12.6. The number of hydrogen-bond acceptors (Lipinski definition) is 4. The molecule has 1 aromatic carbocycles. The van der Waals surface area contributed by atoms with E-state index in [0.29, 0.717) is 12.5 Å². The lowest BCUT2D eigenvalue weighted by atomic mass is 9.59. The van der Waals surface area contributed by atoms with Gasteiger partial charge in [-0.25, -0.2) is 0 Å². The molecule has 1 N–H and O–H groups in total. The van der Waals surface area contributed by atoms with Crippen molar-refractivity contribution in [2.24, 2.45) is 23.2 Å². The third-order valence-electron chi connectivity index (χ3n) is 6.93. The third-order valence-corrected chi connectivity index (χ3v) is 6.93. The summed E-state index contributed by atoms with van der Waals surface area (Å²) in [6.07, 6.45) is 7.26. The lowest BCUT2D eigenvalue weighted by Crippen LogP contribution is -2.40. The molecule has 1 heterocycles. The summed E-state index contributed by atoms with van der Waals surface area (Å²) in [5.41, 5.74) is 2.99. The Labute approximate surface area is 162 Å². The van der Waals surface area contributed by atoms with Crippen LogP contribution in [-0.4, -0.2) is 25.7 Å². The summed E-state index contributed by atoms with van der Waals surface area (Å²) >= 11 is 0. The molecule has 5 atom stereocenters. The minimum absolute atomic E-state index is 0.0287. The Balaban J connectivity index is 1.43. The number of rotatable bonds is 5. The SMILES string of the molecule is COc1ccc(CNCC2C(=O)OC3CC4(C)CCCC(C)C4=CC32)cc1. The Bertz CT molecular complexity index is 726. The normalized spacial score (nSPS) is 35.1. The summed E-state index contributed by atoms with van der Waals surface area (Å²) in [7, 11) is 1.67. The number of benzene rings is 1. The summed E-state index contributed by atoms with van der Waals surface area (Å²) in [4.78, 5) is 12.6. The zero-order valence-electron chi connectivity index (χ0n) is 16.7. The molecule has 1 saturated heterocycles.